The lowest BCUT2D eigenvalue weighted by molar-refractivity contribution is -0.140. The fraction of sp³-hybridized carbons (Fsp3) is 0.667. The van der Waals surface area contributed by atoms with E-state index in [-0.39, 0.29) is 24.9 Å². The normalized spacial score (nSPS) is 11.7. The molecule has 1 rings (SSSR count). The molecule has 25 heavy (non-hydrogen) atoms. The van der Waals surface area contributed by atoms with Gasteiger partial charge < -0.3 is 9.84 Å². The number of carbonyl (C=O) groups is 1. The van der Waals surface area contributed by atoms with Crippen LogP contribution >= 0.6 is 12.4 Å². The molecule has 0 bridgehead atoms. The van der Waals surface area contributed by atoms with Crippen molar-refractivity contribution in [2.24, 2.45) is 0 Å². The average Bonchev–Trinajstić information content (AvgIpc) is 2.58. The minimum Gasteiger partial charge on any atom is -0.481 e. The quantitative estimate of drug-likeness (QED) is 0.364. The van der Waals surface area contributed by atoms with Gasteiger partial charge in [-0.1, -0.05) is 95.0 Å². The summed E-state index contributed by atoms with van der Waals surface area (Å²) in [6.07, 6.45) is 12.3. The average molecular weight is 371 g/mol. The van der Waals surface area contributed by atoms with Crippen molar-refractivity contribution in [1.82, 2.24) is 0 Å². The molecule has 1 aromatic carbocycles. The van der Waals surface area contributed by atoms with Gasteiger partial charge in [-0.05, 0) is 12.0 Å². The molecule has 1 atom stereocenters. The summed E-state index contributed by atoms with van der Waals surface area (Å²) in [5.41, 5.74) is 1.10. The summed E-state index contributed by atoms with van der Waals surface area (Å²) < 4.78 is 5.83. The summed E-state index contributed by atoms with van der Waals surface area (Å²) in [6, 6.07) is 9.95. The number of halogens is 1. The van der Waals surface area contributed by atoms with Gasteiger partial charge in [0.2, 0.25) is 0 Å². The van der Waals surface area contributed by atoms with E-state index in [0.717, 1.165) is 18.4 Å². The maximum absolute atomic E-state index is 11.0. The number of rotatable bonds is 15. The first-order valence-corrected chi connectivity index (χ1v) is 9.59. The van der Waals surface area contributed by atoms with Gasteiger partial charge in [-0.25, -0.2) is 0 Å². The van der Waals surface area contributed by atoms with Crippen molar-refractivity contribution in [3.63, 3.8) is 0 Å². The van der Waals surface area contributed by atoms with E-state index < -0.39 is 5.97 Å². The molecular formula is C21H35ClO3. The van der Waals surface area contributed by atoms with Crippen LogP contribution in [-0.4, -0.2) is 17.2 Å². The Morgan fingerprint density at radius 2 is 1.52 bits per heavy atom. The lowest BCUT2D eigenvalue weighted by Crippen LogP contribution is -2.17. The van der Waals surface area contributed by atoms with Gasteiger partial charge in [0.1, 0.15) is 0 Å². The lowest BCUT2D eigenvalue weighted by atomic mass is 10.0. The molecule has 3 nitrogen and oxygen atoms in total. The Hall–Kier alpha value is -1.06. The van der Waals surface area contributed by atoms with Crippen LogP contribution in [0.25, 0.3) is 0 Å². The van der Waals surface area contributed by atoms with Crippen molar-refractivity contribution >= 4 is 18.4 Å². The second kappa shape index (κ2) is 16.4. The molecule has 0 heterocycles. The van der Waals surface area contributed by atoms with E-state index in [0.29, 0.717) is 6.61 Å². The van der Waals surface area contributed by atoms with E-state index in [2.05, 4.69) is 6.92 Å². The molecule has 1 unspecified atom stereocenters. The second-order valence-electron chi connectivity index (χ2n) is 6.63. The van der Waals surface area contributed by atoms with Crippen LogP contribution in [0.2, 0.25) is 0 Å². The first kappa shape index (κ1) is 23.9. The Bertz CT molecular complexity index is 422. The van der Waals surface area contributed by atoms with Gasteiger partial charge in [-0.3, -0.25) is 4.79 Å². The molecular weight excluding hydrogens is 336 g/mol. The van der Waals surface area contributed by atoms with Gasteiger partial charge >= 0.3 is 5.97 Å². The van der Waals surface area contributed by atoms with Gasteiger partial charge in [0.15, 0.2) is 0 Å². The zero-order valence-corrected chi connectivity index (χ0v) is 16.4. The number of hydrogen-bond acceptors (Lipinski definition) is 2. The predicted octanol–water partition coefficient (Wildman–Crippen LogP) is 6.39. The molecule has 0 fully saturated rings. The van der Waals surface area contributed by atoms with Crippen molar-refractivity contribution in [3.8, 4) is 0 Å². The fourth-order valence-electron chi connectivity index (χ4n) is 2.91. The SMILES string of the molecule is CCCCCCCCCCCC(CC(=O)O)OCc1ccccc1.Cl. The smallest absolute Gasteiger partial charge is 0.305 e. The van der Waals surface area contributed by atoms with E-state index in [4.69, 9.17) is 9.84 Å². The van der Waals surface area contributed by atoms with E-state index in [1.807, 2.05) is 30.3 Å². The molecule has 0 aliphatic carbocycles. The Morgan fingerprint density at radius 3 is 2.08 bits per heavy atom. The Labute approximate surface area is 159 Å². The molecule has 0 aliphatic rings. The summed E-state index contributed by atoms with van der Waals surface area (Å²) in [5, 5.41) is 9.04. The summed E-state index contributed by atoms with van der Waals surface area (Å²) in [5.74, 6) is -0.774. The Kier molecular flexibility index (Phi) is 15.7. The lowest BCUT2D eigenvalue weighted by Gasteiger charge is -2.16. The van der Waals surface area contributed by atoms with Crippen LogP contribution in [0, 0.1) is 0 Å². The minimum absolute atomic E-state index is 0. The van der Waals surface area contributed by atoms with E-state index >= 15 is 0 Å². The molecule has 1 N–H and O–H groups in total. The molecule has 0 radical (unpaired) electrons. The summed E-state index contributed by atoms with van der Waals surface area (Å²) in [7, 11) is 0. The van der Waals surface area contributed by atoms with E-state index in [1.165, 1.54) is 51.4 Å². The van der Waals surface area contributed by atoms with Crippen molar-refractivity contribution in [2.45, 2.75) is 90.3 Å². The first-order valence-electron chi connectivity index (χ1n) is 9.59. The standard InChI is InChI=1S/C21H34O3.ClH/c1-2-3-4-5-6-7-8-9-13-16-20(17-21(22)23)24-18-19-14-11-10-12-15-19;/h10-12,14-15,20H,2-9,13,16-18H2,1H3,(H,22,23);1H. The maximum Gasteiger partial charge on any atom is 0.305 e. The van der Waals surface area contributed by atoms with Crippen LogP contribution in [-0.2, 0) is 16.1 Å². The molecule has 1 aromatic rings. The maximum atomic E-state index is 11.0. The molecule has 0 saturated carbocycles. The number of carboxylic acid groups (broad SMARTS) is 1. The molecule has 0 spiro atoms. The number of carboxylic acids is 1. The van der Waals surface area contributed by atoms with Crippen molar-refractivity contribution in [3.05, 3.63) is 35.9 Å². The predicted molar refractivity (Wildman–Crippen MR) is 106 cm³/mol. The minimum atomic E-state index is -0.774. The summed E-state index contributed by atoms with van der Waals surface area (Å²) >= 11 is 0. The molecule has 0 aromatic heterocycles. The molecule has 144 valence electrons. The Balaban J connectivity index is 0.00000576. The zero-order valence-electron chi connectivity index (χ0n) is 15.6. The molecule has 0 saturated heterocycles. The van der Waals surface area contributed by atoms with Crippen LogP contribution in [0.3, 0.4) is 0 Å². The van der Waals surface area contributed by atoms with Gasteiger partial charge in [-0.15, -0.1) is 12.4 Å². The van der Waals surface area contributed by atoms with Crippen LogP contribution in [0.1, 0.15) is 83.1 Å². The number of ether oxygens (including phenoxy) is 1. The third-order valence-electron chi connectivity index (χ3n) is 4.36. The molecule has 0 aliphatic heterocycles. The Morgan fingerprint density at radius 1 is 0.960 bits per heavy atom. The fourth-order valence-corrected chi connectivity index (χ4v) is 2.91. The number of unbranched alkanes of at least 4 members (excludes halogenated alkanes) is 8. The van der Waals surface area contributed by atoms with Crippen LogP contribution in [0.4, 0.5) is 0 Å². The third kappa shape index (κ3) is 13.9. The number of benzene rings is 1. The third-order valence-corrected chi connectivity index (χ3v) is 4.36. The summed E-state index contributed by atoms with van der Waals surface area (Å²) in [4.78, 5) is 11.0. The van der Waals surface area contributed by atoms with Gasteiger partial charge in [0.25, 0.3) is 0 Å². The van der Waals surface area contributed by atoms with Gasteiger partial charge in [0.05, 0.1) is 19.1 Å². The topological polar surface area (TPSA) is 46.5 Å². The van der Waals surface area contributed by atoms with E-state index in [1.54, 1.807) is 0 Å². The number of aliphatic carboxylic acids is 1. The highest BCUT2D eigenvalue weighted by Gasteiger charge is 2.13. The highest BCUT2D eigenvalue weighted by molar-refractivity contribution is 5.85. The molecule has 0 amide bonds. The monoisotopic (exact) mass is 370 g/mol. The van der Waals surface area contributed by atoms with E-state index in [9.17, 15) is 4.79 Å². The second-order valence-corrected chi connectivity index (χ2v) is 6.63. The van der Waals surface area contributed by atoms with Gasteiger partial charge in [0, 0.05) is 0 Å². The van der Waals surface area contributed by atoms with Gasteiger partial charge in [-0.2, -0.15) is 0 Å². The highest BCUT2D eigenvalue weighted by atomic mass is 35.5. The largest absolute Gasteiger partial charge is 0.481 e. The molecule has 4 heteroatoms. The van der Waals surface area contributed by atoms with Crippen molar-refractivity contribution in [2.75, 3.05) is 0 Å². The summed E-state index contributed by atoms with van der Waals surface area (Å²) in [6.45, 7) is 2.74. The van der Waals surface area contributed by atoms with Crippen LogP contribution in [0.5, 0.6) is 0 Å². The first-order chi connectivity index (χ1) is 11.7. The van der Waals surface area contributed by atoms with Crippen LogP contribution in [0.15, 0.2) is 30.3 Å². The van der Waals surface area contributed by atoms with Crippen molar-refractivity contribution in [1.29, 1.82) is 0 Å². The number of hydrogen-bond donors (Lipinski definition) is 1. The van der Waals surface area contributed by atoms with Crippen LogP contribution < -0.4 is 0 Å². The zero-order chi connectivity index (χ0) is 17.5. The highest BCUT2D eigenvalue weighted by Crippen LogP contribution is 2.15. The van der Waals surface area contributed by atoms with Crippen molar-refractivity contribution < 1.29 is 14.6 Å².